The zero-order chi connectivity index (χ0) is 20.8. The molecular weight excluding hydrogens is 368 g/mol. The van der Waals surface area contributed by atoms with Gasteiger partial charge in [-0.15, -0.1) is 6.58 Å². The Morgan fingerprint density at radius 3 is 1.39 bits per heavy atom. The molecule has 0 aliphatic heterocycles. The number of rotatable bonds is 23. The smallest absolute Gasteiger partial charge is 0.381 e. The summed E-state index contributed by atoms with van der Waals surface area (Å²) < 4.78 is 22.1. The van der Waals surface area contributed by atoms with Crippen molar-refractivity contribution >= 4 is 8.80 Å². The van der Waals surface area contributed by atoms with Gasteiger partial charge in [0.1, 0.15) is 0 Å². The number of allylic oxidation sites excluding steroid dienone is 1. The van der Waals surface area contributed by atoms with Crippen molar-refractivity contribution in [1.29, 1.82) is 0 Å². The highest BCUT2D eigenvalue weighted by Crippen LogP contribution is 2.18. The van der Waals surface area contributed by atoms with E-state index in [-0.39, 0.29) is 0 Å². The van der Waals surface area contributed by atoms with Gasteiger partial charge >= 0.3 is 8.80 Å². The maximum absolute atomic E-state index is 5.76. The summed E-state index contributed by atoms with van der Waals surface area (Å²) in [5.41, 5.74) is 0. The first-order chi connectivity index (χ1) is 13.7. The normalized spacial score (nSPS) is 11.8. The van der Waals surface area contributed by atoms with Gasteiger partial charge in [0.25, 0.3) is 0 Å². The minimum Gasteiger partial charge on any atom is -0.381 e. The minimum atomic E-state index is -2.35. The average molecular weight is 417 g/mol. The molecule has 0 rings (SSSR count). The van der Waals surface area contributed by atoms with E-state index in [1.807, 2.05) is 6.08 Å². The molecular formula is C23H48O4Si. The molecule has 0 aromatic rings. The van der Waals surface area contributed by atoms with E-state index in [1.165, 1.54) is 89.9 Å². The van der Waals surface area contributed by atoms with Crippen LogP contribution >= 0.6 is 0 Å². The molecule has 0 aliphatic carbocycles. The van der Waals surface area contributed by atoms with Gasteiger partial charge in [-0.2, -0.15) is 0 Å². The predicted molar refractivity (Wildman–Crippen MR) is 122 cm³/mol. The van der Waals surface area contributed by atoms with Crippen molar-refractivity contribution in [3.05, 3.63) is 12.7 Å². The summed E-state index contributed by atoms with van der Waals surface area (Å²) >= 11 is 0. The van der Waals surface area contributed by atoms with E-state index < -0.39 is 8.80 Å². The lowest BCUT2D eigenvalue weighted by molar-refractivity contribution is 0.122. The second-order valence-electron chi connectivity index (χ2n) is 7.68. The lowest BCUT2D eigenvalue weighted by atomic mass is 10.1. The molecule has 0 aromatic heterocycles. The Morgan fingerprint density at radius 1 is 0.571 bits per heavy atom. The Hall–Kier alpha value is -0.203. The van der Waals surface area contributed by atoms with Crippen molar-refractivity contribution in [2.45, 2.75) is 102 Å². The Kier molecular flexibility index (Phi) is 21.3. The summed E-state index contributed by atoms with van der Waals surface area (Å²) in [5.74, 6) is 0. The van der Waals surface area contributed by atoms with Crippen molar-refractivity contribution < 1.29 is 18.0 Å². The molecule has 0 atom stereocenters. The van der Waals surface area contributed by atoms with Gasteiger partial charge in [-0.25, -0.2) is 0 Å². The van der Waals surface area contributed by atoms with Crippen LogP contribution in [0.3, 0.4) is 0 Å². The van der Waals surface area contributed by atoms with Crippen LogP contribution in [0.2, 0.25) is 6.04 Å². The van der Waals surface area contributed by atoms with E-state index in [9.17, 15) is 0 Å². The van der Waals surface area contributed by atoms with Crippen LogP contribution in [0.5, 0.6) is 0 Å². The van der Waals surface area contributed by atoms with Crippen LogP contribution in [-0.2, 0) is 18.0 Å². The zero-order valence-corrected chi connectivity index (χ0v) is 20.1. The highest BCUT2D eigenvalue weighted by Gasteiger charge is 2.36. The third-order valence-electron chi connectivity index (χ3n) is 5.40. The first-order valence-electron chi connectivity index (χ1n) is 11.6. The van der Waals surface area contributed by atoms with Gasteiger partial charge in [-0.3, -0.25) is 0 Å². The second kappa shape index (κ2) is 21.5. The molecule has 168 valence electrons. The Labute approximate surface area is 176 Å². The topological polar surface area (TPSA) is 36.9 Å². The summed E-state index contributed by atoms with van der Waals surface area (Å²) in [6, 6.07) is 0.920. The van der Waals surface area contributed by atoms with Crippen molar-refractivity contribution in [3.8, 4) is 0 Å². The summed E-state index contributed by atoms with van der Waals surface area (Å²) in [6.45, 7) is 5.65. The van der Waals surface area contributed by atoms with E-state index >= 15 is 0 Å². The first-order valence-corrected chi connectivity index (χ1v) is 13.5. The molecule has 0 saturated heterocycles. The van der Waals surface area contributed by atoms with Crippen molar-refractivity contribution in [2.24, 2.45) is 0 Å². The van der Waals surface area contributed by atoms with Gasteiger partial charge < -0.3 is 18.0 Å². The van der Waals surface area contributed by atoms with Crippen molar-refractivity contribution in [3.63, 3.8) is 0 Å². The van der Waals surface area contributed by atoms with Crippen LogP contribution in [0, 0.1) is 0 Å². The average Bonchev–Trinajstić information content (AvgIpc) is 2.73. The molecule has 28 heavy (non-hydrogen) atoms. The van der Waals surface area contributed by atoms with Gasteiger partial charge in [0.05, 0.1) is 0 Å². The van der Waals surface area contributed by atoms with Gasteiger partial charge in [-0.1, -0.05) is 70.3 Å². The predicted octanol–water partition coefficient (Wildman–Crippen LogP) is 6.92. The van der Waals surface area contributed by atoms with Crippen LogP contribution in [0.15, 0.2) is 12.7 Å². The molecule has 0 bridgehead atoms. The summed E-state index contributed by atoms with van der Waals surface area (Å²) in [4.78, 5) is 0. The largest absolute Gasteiger partial charge is 0.500 e. The zero-order valence-electron chi connectivity index (χ0n) is 19.1. The number of unbranched alkanes of at least 4 members (excludes halogenated alkanes) is 13. The number of hydrogen-bond donors (Lipinski definition) is 0. The summed E-state index contributed by atoms with van der Waals surface area (Å²) in [5, 5.41) is 0. The van der Waals surface area contributed by atoms with Crippen molar-refractivity contribution in [2.75, 3.05) is 34.5 Å². The molecule has 0 saturated carbocycles. The van der Waals surface area contributed by atoms with E-state index in [2.05, 4.69) is 6.58 Å². The Bertz CT molecular complexity index is 313. The molecule has 0 heterocycles. The van der Waals surface area contributed by atoms with Crippen molar-refractivity contribution in [1.82, 2.24) is 0 Å². The monoisotopic (exact) mass is 416 g/mol. The standard InChI is InChI=1S/C23H48O4Si/c1-5-6-7-8-9-12-15-18-21-27-22-19-16-13-10-11-14-17-20-23-28(24-2,25-3)26-4/h5H,1,6-23H2,2-4H3. The number of ether oxygens (including phenoxy) is 1. The second-order valence-corrected chi connectivity index (χ2v) is 10.8. The molecule has 0 aliphatic rings. The third kappa shape index (κ3) is 16.7. The first kappa shape index (κ1) is 27.8. The molecule has 0 N–H and O–H groups in total. The van der Waals surface area contributed by atoms with Gasteiger partial charge in [0.15, 0.2) is 0 Å². The highest BCUT2D eigenvalue weighted by atomic mass is 28.4. The SMILES string of the molecule is C=CCCCCCCCCOCCCCCCCCCC[Si](OC)(OC)OC. The maximum atomic E-state index is 5.76. The van der Waals surface area contributed by atoms with E-state index in [0.29, 0.717) is 0 Å². The molecule has 0 unspecified atom stereocenters. The molecule has 0 aromatic carbocycles. The van der Waals surface area contributed by atoms with E-state index in [1.54, 1.807) is 21.3 Å². The van der Waals surface area contributed by atoms with Gasteiger partial charge in [0.2, 0.25) is 0 Å². The van der Waals surface area contributed by atoms with E-state index in [4.69, 9.17) is 18.0 Å². The quantitative estimate of drug-likeness (QED) is 0.103. The third-order valence-corrected chi connectivity index (χ3v) is 8.23. The Balaban J connectivity index is 3.19. The van der Waals surface area contributed by atoms with Crippen LogP contribution < -0.4 is 0 Å². The number of hydrogen-bond acceptors (Lipinski definition) is 4. The fraction of sp³-hybridized carbons (Fsp3) is 0.913. The van der Waals surface area contributed by atoms with E-state index in [0.717, 1.165) is 25.7 Å². The summed E-state index contributed by atoms with van der Waals surface area (Å²) in [6.07, 6.45) is 21.3. The molecule has 4 nitrogen and oxygen atoms in total. The minimum absolute atomic E-state index is 0.920. The lowest BCUT2D eigenvalue weighted by Crippen LogP contribution is -2.42. The van der Waals surface area contributed by atoms with Crippen LogP contribution in [0.4, 0.5) is 0 Å². The molecule has 0 spiro atoms. The van der Waals surface area contributed by atoms with Crippen LogP contribution in [-0.4, -0.2) is 43.3 Å². The molecule has 0 fully saturated rings. The van der Waals surface area contributed by atoms with Crippen LogP contribution in [0.1, 0.15) is 96.3 Å². The maximum Gasteiger partial charge on any atom is 0.500 e. The fourth-order valence-corrected chi connectivity index (χ4v) is 5.26. The summed E-state index contributed by atoms with van der Waals surface area (Å²) in [7, 11) is 2.72. The molecule has 5 heteroatoms. The van der Waals surface area contributed by atoms with Gasteiger partial charge in [-0.05, 0) is 32.1 Å². The van der Waals surface area contributed by atoms with Crippen LogP contribution in [0.25, 0.3) is 0 Å². The fourth-order valence-electron chi connectivity index (χ4n) is 3.46. The highest BCUT2D eigenvalue weighted by molar-refractivity contribution is 6.60. The van der Waals surface area contributed by atoms with Gasteiger partial charge in [0, 0.05) is 40.6 Å². The molecule has 0 amide bonds. The Morgan fingerprint density at radius 2 is 0.964 bits per heavy atom. The lowest BCUT2D eigenvalue weighted by Gasteiger charge is -2.24. The molecule has 0 radical (unpaired) electrons.